The van der Waals surface area contributed by atoms with E-state index in [9.17, 15) is 21.6 Å². The predicted octanol–water partition coefficient (Wildman–Crippen LogP) is 2.91. The number of piperidine rings is 1. The molecule has 1 fully saturated rings. The number of nitrogens with zero attached hydrogens (tertiary/aromatic N) is 2. The first-order valence-corrected chi connectivity index (χ1v) is 11.1. The maximum absolute atomic E-state index is 12.6. The van der Waals surface area contributed by atoms with Crippen LogP contribution in [0.3, 0.4) is 0 Å². The van der Waals surface area contributed by atoms with Crippen molar-refractivity contribution < 1.29 is 21.6 Å². The Balaban J connectivity index is 1.71. The van der Waals surface area contributed by atoms with E-state index in [0.29, 0.717) is 35.6 Å². The summed E-state index contributed by atoms with van der Waals surface area (Å²) in [5.41, 5.74) is -3.96. The summed E-state index contributed by atoms with van der Waals surface area (Å²) in [4.78, 5) is 4.17. The van der Waals surface area contributed by atoms with Crippen LogP contribution >= 0.6 is 0 Å². The van der Waals surface area contributed by atoms with Gasteiger partial charge >= 0.3 is 15.5 Å². The van der Waals surface area contributed by atoms with Crippen LogP contribution in [0.2, 0.25) is 0 Å². The number of sulfonamides is 1. The lowest BCUT2D eigenvalue weighted by molar-refractivity contribution is -0.0496. The summed E-state index contributed by atoms with van der Waals surface area (Å²) in [5, 5.41) is 6.43. The Labute approximate surface area is 170 Å². The fraction of sp³-hybridized carbons (Fsp3) is 0.632. The zero-order valence-corrected chi connectivity index (χ0v) is 17.6. The van der Waals surface area contributed by atoms with Crippen molar-refractivity contribution in [3.63, 3.8) is 0 Å². The molecular formula is C19H29F3N4O2S. The van der Waals surface area contributed by atoms with Gasteiger partial charge in [0.25, 0.3) is 0 Å². The molecule has 1 atom stereocenters. The number of halogens is 3. The molecule has 1 aliphatic heterocycles. The van der Waals surface area contributed by atoms with Crippen LogP contribution < -0.4 is 10.6 Å². The van der Waals surface area contributed by atoms with Crippen LogP contribution in [-0.2, 0) is 10.0 Å². The Bertz CT molecular complexity index is 761. The van der Waals surface area contributed by atoms with Crippen LogP contribution in [0.25, 0.3) is 0 Å². The van der Waals surface area contributed by atoms with Gasteiger partial charge < -0.3 is 10.6 Å². The van der Waals surface area contributed by atoms with Crippen LogP contribution in [0.15, 0.2) is 35.3 Å². The second-order valence-corrected chi connectivity index (χ2v) is 9.20. The number of benzene rings is 1. The fourth-order valence-corrected chi connectivity index (χ4v) is 4.30. The number of nitrogens with one attached hydrogen (secondary N) is 2. The average Bonchev–Trinajstić information content (AvgIpc) is 2.70. The van der Waals surface area contributed by atoms with Crippen LogP contribution in [0.4, 0.5) is 13.2 Å². The minimum absolute atomic E-state index is 0.0940. The van der Waals surface area contributed by atoms with Crippen molar-refractivity contribution in [2.24, 2.45) is 10.9 Å². The van der Waals surface area contributed by atoms with E-state index in [2.05, 4.69) is 34.7 Å². The van der Waals surface area contributed by atoms with E-state index in [0.717, 1.165) is 13.0 Å². The van der Waals surface area contributed by atoms with Crippen LogP contribution in [0.1, 0.15) is 37.7 Å². The van der Waals surface area contributed by atoms with Crippen molar-refractivity contribution >= 4 is 16.0 Å². The molecule has 0 radical (unpaired) electrons. The fourth-order valence-electron chi connectivity index (χ4n) is 3.32. The molecule has 29 heavy (non-hydrogen) atoms. The first kappa shape index (κ1) is 23.5. The van der Waals surface area contributed by atoms with Gasteiger partial charge in [-0.25, -0.2) is 8.42 Å². The minimum atomic E-state index is -5.24. The van der Waals surface area contributed by atoms with E-state index in [1.54, 1.807) is 7.05 Å². The largest absolute Gasteiger partial charge is 0.511 e. The minimum Gasteiger partial charge on any atom is -0.356 e. The van der Waals surface area contributed by atoms with Gasteiger partial charge in [0.15, 0.2) is 5.96 Å². The first-order chi connectivity index (χ1) is 13.6. The van der Waals surface area contributed by atoms with Crippen LogP contribution in [0, 0.1) is 5.92 Å². The molecule has 0 aliphatic carbocycles. The number of rotatable bonds is 7. The molecule has 2 N–H and O–H groups in total. The van der Waals surface area contributed by atoms with Gasteiger partial charge in [0.1, 0.15) is 0 Å². The molecule has 1 heterocycles. The molecule has 1 aromatic carbocycles. The Morgan fingerprint density at radius 2 is 1.83 bits per heavy atom. The van der Waals surface area contributed by atoms with Crippen LogP contribution in [0.5, 0.6) is 0 Å². The molecule has 1 aliphatic rings. The molecule has 0 spiro atoms. The van der Waals surface area contributed by atoms with Crippen molar-refractivity contribution in [2.75, 3.05) is 33.2 Å². The molecule has 1 aromatic rings. The number of aliphatic imine (C=N–C) groups is 1. The molecule has 0 bridgehead atoms. The van der Waals surface area contributed by atoms with Crippen molar-refractivity contribution in [1.29, 1.82) is 0 Å². The Kier molecular flexibility index (Phi) is 8.33. The van der Waals surface area contributed by atoms with Crippen LogP contribution in [-0.4, -0.2) is 57.4 Å². The molecule has 0 amide bonds. The summed E-state index contributed by atoms with van der Waals surface area (Å²) >= 11 is 0. The Hall–Kier alpha value is -1.81. The molecule has 6 nitrogen and oxygen atoms in total. The highest BCUT2D eigenvalue weighted by atomic mass is 32.2. The number of alkyl halides is 3. The van der Waals surface area contributed by atoms with E-state index < -0.39 is 15.5 Å². The zero-order chi connectivity index (χ0) is 21.5. The summed E-state index contributed by atoms with van der Waals surface area (Å²) in [6, 6.07) is 10.2. The van der Waals surface area contributed by atoms with E-state index in [-0.39, 0.29) is 19.0 Å². The predicted molar refractivity (Wildman–Crippen MR) is 108 cm³/mol. The third-order valence-electron chi connectivity index (χ3n) is 5.23. The summed E-state index contributed by atoms with van der Waals surface area (Å²) < 4.78 is 61.3. The quantitative estimate of drug-likeness (QED) is 0.511. The SMILES string of the molecule is CN=C(NCCC(C)c1ccccc1)NCC1CCN(S(=O)(=O)C(F)(F)F)CC1. The topological polar surface area (TPSA) is 73.8 Å². The average molecular weight is 435 g/mol. The third-order valence-corrected chi connectivity index (χ3v) is 6.86. The summed E-state index contributed by atoms with van der Waals surface area (Å²) in [7, 11) is -3.56. The number of guanidine groups is 1. The van der Waals surface area contributed by atoms with E-state index in [4.69, 9.17) is 0 Å². The number of hydrogen-bond donors (Lipinski definition) is 2. The van der Waals surface area contributed by atoms with Gasteiger partial charge in [-0.2, -0.15) is 17.5 Å². The Morgan fingerprint density at radius 3 is 2.38 bits per heavy atom. The first-order valence-electron chi connectivity index (χ1n) is 9.71. The highest BCUT2D eigenvalue weighted by molar-refractivity contribution is 7.90. The van der Waals surface area contributed by atoms with Crippen molar-refractivity contribution in [3.8, 4) is 0 Å². The van der Waals surface area contributed by atoms with Gasteiger partial charge in [0.2, 0.25) is 0 Å². The van der Waals surface area contributed by atoms with Gasteiger partial charge in [-0.15, -0.1) is 0 Å². The molecule has 0 saturated carbocycles. The third kappa shape index (κ3) is 6.60. The van der Waals surface area contributed by atoms with Gasteiger partial charge in [0.05, 0.1) is 0 Å². The molecule has 1 unspecified atom stereocenters. The van der Waals surface area contributed by atoms with Crippen molar-refractivity contribution in [3.05, 3.63) is 35.9 Å². The normalized spacial score (nSPS) is 18.4. The lowest BCUT2D eigenvalue weighted by Crippen LogP contribution is -2.47. The maximum atomic E-state index is 12.6. The standard InChI is InChI=1S/C19H29F3N4O2S/c1-15(17-6-4-3-5-7-17)8-11-24-18(23-2)25-14-16-9-12-26(13-10-16)29(27,28)19(20,21)22/h3-7,15-16H,8-14H2,1-2H3,(H2,23,24,25). The van der Waals surface area contributed by atoms with Gasteiger partial charge in [-0.3, -0.25) is 4.99 Å². The molecular weight excluding hydrogens is 405 g/mol. The zero-order valence-electron chi connectivity index (χ0n) is 16.7. The monoisotopic (exact) mass is 434 g/mol. The van der Waals surface area contributed by atoms with Gasteiger partial charge in [-0.05, 0) is 36.7 Å². The summed E-state index contributed by atoms with van der Waals surface area (Å²) in [5.74, 6) is 1.13. The van der Waals surface area contributed by atoms with Gasteiger partial charge in [0, 0.05) is 33.2 Å². The van der Waals surface area contributed by atoms with E-state index in [1.165, 1.54) is 5.56 Å². The molecule has 2 rings (SSSR count). The highest BCUT2D eigenvalue weighted by Gasteiger charge is 2.50. The summed E-state index contributed by atoms with van der Waals surface area (Å²) in [6.45, 7) is 3.20. The lowest BCUT2D eigenvalue weighted by atomic mass is 9.98. The van der Waals surface area contributed by atoms with Crippen molar-refractivity contribution in [2.45, 2.75) is 37.6 Å². The van der Waals surface area contributed by atoms with E-state index >= 15 is 0 Å². The van der Waals surface area contributed by atoms with E-state index in [1.807, 2.05) is 18.2 Å². The molecule has 10 heteroatoms. The smallest absolute Gasteiger partial charge is 0.356 e. The second kappa shape index (κ2) is 10.3. The molecule has 164 valence electrons. The Morgan fingerprint density at radius 1 is 1.21 bits per heavy atom. The molecule has 1 saturated heterocycles. The second-order valence-electron chi connectivity index (χ2n) is 7.27. The lowest BCUT2D eigenvalue weighted by Gasteiger charge is -2.31. The summed E-state index contributed by atoms with van der Waals surface area (Å²) in [6.07, 6.45) is 1.69. The maximum Gasteiger partial charge on any atom is 0.511 e. The number of hydrogen-bond acceptors (Lipinski definition) is 3. The van der Waals surface area contributed by atoms with Crippen molar-refractivity contribution in [1.82, 2.24) is 14.9 Å². The van der Waals surface area contributed by atoms with Gasteiger partial charge in [-0.1, -0.05) is 37.3 Å². The molecule has 0 aromatic heterocycles. The highest BCUT2D eigenvalue weighted by Crippen LogP contribution is 2.30.